The van der Waals surface area contributed by atoms with E-state index < -0.39 is 0 Å². The van der Waals surface area contributed by atoms with Gasteiger partial charge in [0.05, 0.1) is 5.69 Å². The Morgan fingerprint density at radius 2 is 2.16 bits per heavy atom. The standard InChI is InChI=1S/C15H20ClN3/c1-11(2)17-8-15-9-18-12(3)19(15)10-13-5-4-6-14(16)7-13/h4-7,9,11,17H,8,10H2,1-3H3. The van der Waals surface area contributed by atoms with Crippen molar-refractivity contribution in [3.05, 3.63) is 52.6 Å². The molecule has 0 unspecified atom stereocenters. The molecule has 1 N–H and O–H groups in total. The second-order valence-electron chi connectivity index (χ2n) is 5.05. The zero-order valence-corrected chi connectivity index (χ0v) is 12.4. The molecule has 0 aliphatic rings. The van der Waals surface area contributed by atoms with Crippen molar-refractivity contribution in [1.82, 2.24) is 14.9 Å². The number of nitrogens with one attached hydrogen (secondary N) is 1. The van der Waals surface area contributed by atoms with Crippen LogP contribution in [0.2, 0.25) is 5.02 Å². The van der Waals surface area contributed by atoms with Gasteiger partial charge >= 0.3 is 0 Å². The number of halogens is 1. The van der Waals surface area contributed by atoms with E-state index in [-0.39, 0.29) is 0 Å². The predicted octanol–water partition coefficient (Wildman–Crippen LogP) is 3.39. The fourth-order valence-electron chi connectivity index (χ4n) is 2.00. The summed E-state index contributed by atoms with van der Waals surface area (Å²) in [5.74, 6) is 1.03. The Kier molecular flexibility index (Phi) is 4.61. The number of aryl methyl sites for hydroxylation is 1. The van der Waals surface area contributed by atoms with Crippen molar-refractivity contribution >= 4 is 11.6 Å². The fraction of sp³-hybridized carbons (Fsp3) is 0.400. The molecule has 3 nitrogen and oxygen atoms in total. The van der Waals surface area contributed by atoms with E-state index >= 15 is 0 Å². The molecule has 102 valence electrons. The molecule has 1 aromatic heterocycles. The van der Waals surface area contributed by atoms with Crippen LogP contribution in [-0.4, -0.2) is 15.6 Å². The predicted molar refractivity (Wildman–Crippen MR) is 79.5 cm³/mol. The van der Waals surface area contributed by atoms with Crippen LogP contribution in [0.1, 0.15) is 30.9 Å². The molecule has 1 aromatic carbocycles. The lowest BCUT2D eigenvalue weighted by Gasteiger charge is -2.13. The van der Waals surface area contributed by atoms with Crippen molar-refractivity contribution in [3.63, 3.8) is 0 Å². The summed E-state index contributed by atoms with van der Waals surface area (Å²) in [6.07, 6.45) is 1.94. The first kappa shape index (κ1) is 14.1. The summed E-state index contributed by atoms with van der Waals surface area (Å²) in [4.78, 5) is 4.40. The zero-order chi connectivity index (χ0) is 13.8. The van der Waals surface area contributed by atoms with Gasteiger partial charge in [-0.3, -0.25) is 0 Å². The lowest BCUT2D eigenvalue weighted by atomic mass is 10.2. The summed E-state index contributed by atoms with van der Waals surface area (Å²) in [5.41, 5.74) is 2.39. The molecule has 0 bridgehead atoms. The molecule has 0 atom stereocenters. The lowest BCUT2D eigenvalue weighted by molar-refractivity contribution is 0.562. The van der Waals surface area contributed by atoms with Crippen molar-refractivity contribution in [2.75, 3.05) is 0 Å². The van der Waals surface area contributed by atoms with Gasteiger partial charge in [-0.05, 0) is 24.6 Å². The van der Waals surface area contributed by atoms with Gasteiger partial charge in [0.1, 0.15) is 5.82 Å². The third-order valence-electron chi connectivity index (χ3n) is 3.06. The summed E-state index contributed by atoms with van der Waals surface area (Å²) >= 11 is 6.03. The van der Waals surface area contributed by atoms with E-state index in [1.54, 1.807) is 0 Å². The highest BCUT2D eigenvalue weighted by Crippen LogP contribution is 2.14. The molecule has 0 aliphatic carbocycles. The van der Waals surface area contributed by atoms with Crippen LogP contribution in [0, 0.1) is 6.92 Å². The van der Waals surface area contributed by atoms with E-state index in [1.165, 1.54) is 11.3 Å². The number of benzene rings is 1. The topological polar surface area (TPSA) is 29.9 Å². The molecule has 2 rings (SSSR count). The highest BCUT2D eigenvalue weighted by molar-refractivity contribution is 6.30. The van der Waals surface area contributed by atoms with Crippen LogP contribution < -0.4 is 5.32 Å². The molecule has 0 fully saturated rings. The monoisotopic (exact) mass is 277 g/mol. The van der Waals surface area contributed by atoms with Gasteiger partial charge in [0.2, 0.25) is 0 Å². The Balaban J connectivity index is 2.17. The number of rotatable bonds is 5. The first-order chi connectivity index (χ1) is 9.06. The number of aromatic nitrogens is 2. The summed E-state index contributed by atoms with van der Waals surface area (Å²) in [5, 5.41) is 4.20. The maximum Gasteiger partial charge on any atom is 0.106 e. The molecular formula is C15H20ClN3. The molecule has 0 aliphatic heterocycles. The van der Waals surface area contributed by atoms with Crippen molar-refractivity contribution in [3.8, 4) is 0 Å². The van der Waals surface area contributed by atoms with Crippen molar-refractivity contribution in [1.29, 1.82) is 0 Å². The fourth-order valence-corrected chi connectivity index (χ4v) is 2.21. The van der Waals surface area contributed by atoms with Gasteiger partial charge in [-0.15, -0.1) is 0 Å². The second-order valence-corrected chi connectivity index (χ2v) is 5.48. The number of hydrogen-bond acceptors (Lipinski definition) is 2. The normalized spacial score (nSPS) is 11.2. The molecule has 0 radical (unpaired) electrons. The Bertz CT molecular complexity index is 546. The van der Waals surface area contributed by atoms with Crippen molar-refractivity contribution in [2.24, 2.45) is 0 Å². The van der Waals surface area contributed by atoms with Crippen LogP contribution in [0.25, 0.3) is 0 Å². The van der Waals surface area contributed by atoms with Crippen LogP contribution in [0.3, 0.4) is 0 Å². The molecular weight excluding hydrogens is 258 g/mol. The third kappa shape index (κ3) is 3.82. The maximum atomic E-state index is 6.03. The molecule has 1 heterocycles. The summed E-state index contributed by atoms with van der Waals surface area (Å²) in [6, 6.07) is 8.43. The maximum absolute atomic E-state index is 6.03. The average molecular weight is 278 g/mol. The van der Waals surface area contributed by atoms with Gasteiger partial charge in [-0.1, -0.05) is 37.6 Å². The van der Waals surface area contributed by atoms with Gasteiger partial charge in [-0.25, -0.2) is 4.98 Å². The Morgan fingerprint density at radius 1 is 1.37 bits per heavy atom. The minimum Gasteiger partial charge on any atom is -0.327 e. The van der Waals surface area contributed by atoms with Crippen LogP contribution in [0.4, 0.5) is 0 Å². The highest BCUT2D eigenvalue weighted by atomic mass is 35.5. The van der Waals surface area contributed by atoms with Gasteiger partial charge in [0.25, 0.3) is 0 Å². The molecule has 0 saturated carbocycles. The molecule has 19 heavy (non-hydrogen) atoms. The van der Waals surface area contributed by atoms with Gasteiger partial charge < -0.3 is 9.88 Å². The minimum atomic E-state index is 0.467. The van der Waals surface area contributed by atoms with Crippen LogP contribution >= 0.6 is 11.6 Å². The quantitative estimate of drug-likeness (QED) is 0.908. The van der Waals surface area contributed by atoms with Crippen LogP contribution in [0.5, 0.6) is 0 Å². The Labute approximate surface area is 119 Å². The molecule has 0 spiro atoms. The van der Waals surface area contributed by atoms with Gasteiger partial charge in [0.15, 0.2) is 0 Å². The van der Waals surface area contributed by atoms with Crippen LogP contribution in [-0.2, 0) is 13.1 Å². The first-order valence-corrected chi connectivity index (χ1v) is 6.93. The number of nitrogens with zero attached hydrogens (tertiary/aromatic N) is 2. The summed E-state index contributed by atoms with van der Waals surface area (Å²) < 4.78 is 2.22. The Hall–Kier alpha value is -1.32. The highest BCUT2D eigenvalue weighted by Gasteiger charge is 2.07. The zero-order valence-electron chi connectivity index (χ0n) is 11.7. The molecule has 2 aromatic rings. The van der Waals surface area contributed by atoms with Crippen LogP contribution in [0.15, 0.2) is 30.5 Å². The summed E-state index contributed by atoms with van der Waals surface area (Å²) in [7, 11) is 0. The number of hydrogen-bond donors (Lipinski definition) is 1. The minimum absolute atomic E-state index is 0.467. The van der Waals surface area contributed by atoms with E-state index in [0.29, 0.717) is 6.04 Å². The van der Waals surface area contributed by atoms with Crippen molar-refractivity contribution < 1.29 is 0 Å². The van der Waals surface area contributed by atoms with E-state index in [4.69, 9.17) is 11.6 Å². The van der Waals surface area contributed by atoms with E-state index in [9.17, 15) is 0 Å². The molecule has 4 heteroatoms. The number of imidazole rings is 1. The van der Waals surface area contributed by atoms with E-state index in [2.05, 4.69) is 34.8 Å². The lowest BCUT2D eigenvalue weighted by Crippen LogP contribution is -2.23. The third-order valence-corrected chi connectivity index (χ3v) is 3.29. The van der Waals surface area contributed by atoms with E-state index in [0.717, 1.165) is 23.9 Å². The second kappa shape index (κ2) is 6.22. The largest absolute Gasteiger partial charge is 0.327 e. The first-order valence-electron chi connectivity index (χ1n) is 6.55. The molecule has 0 amide bonds. The SMILES string of the molecule is Cc1ncc(CNC(C)C)n1Cc1cccc(Cl)c1. The smallest absolute Gasteiger partial charge is 0.106 e. The average Bonchev–Trinajstić information content (AvgIpc) is 2.68. The van der Waals surface area contributed by atoms with Crippen molar-refractivity contribution in [2.45, 2.75) is 39.9 Å². The molecule has 0 saturated heterocycles. The summed E-state index contributed by atoms with van der Waals surface area (Å²) in [6.45, 7) is 7.96. The Morgan fingerprint density at radius 3 is 2.84 bits per heavy atom. The van der Waals surface area contributed by atoms with Gasteiger partial charge in [0, 0.05) is 30.4 Å². The van der Waals surface area contributed by atoms with Gasteiger partial charge in [-0.2, -0.15) is 0 Å². The van der Waals surface area contributed by atoms with E-state index in [1.807, 2.05) is 31.3 Å².